The number of piperazine rings is 1. The maximum atomic E-state index is 12.7. The monoisotopic (exact) mass is 366 g/mol. The largest absolute Gasteiger partial charge is 0.352 e. The average Bonchev–Trinajstić information content (AvgIpc) is 2.67. The van der Waals surface area contributed by atoms with E-state index in [1.54, 1.807) is 24.3 Å². The number of amides is 1. The van der Waals surface area contributed by atoms with Gasteiger partial charge in [-0.15, -0.1) is 0 Å². The van der Waals surface area contributed by atoms with Crippen LogP contribution in [0.4, 0.5) is 5.82 Å². The molecule has 0 spiro atoms. The molecule has 6 heteroatoms. The number of halogens is 1. The number of fused-ring (bicyclic) bond motifs is 1. The Morgan fingerprint density at radius 2 is 1.65 bits per heavy atom. The van der Waals surface area contributed by atoms with E-state index in [0.717, 1.165) is 35.6 Å². The first kappa shape index (κ1) is 16.8. The van der Waals surface area contributed by atoms with Gasteiger partial charge in [-0.05, 0) is 37.3 Å². The maximum absolute atomic E-state index is 12.7. The van der Waals surface area contributed by atoms with E-state index in [-0.39, 0.29) is 5.91 Å². The van der Waals surface area contributed by atoms with Crippen LogP contribution in [0.15, 0.2) is 48.5 Å². The van der Waals surface area contributed by atoms with Gasteiger partial charge in [-0.3, -0.25) is 4.79 Å². The highest BCUT2D eigenvalue weighted by Crippen LogP contribution is 2.22. The molecule has 1 aliphatic heterocycles. The third-order valence-electron chi connectivity index (χ3n) is 4.66. The maximum Gasteiger partial charge on any atom is 0.254 e. The molecule has 0 radical (unpaired) electrons. The molecule has 3 aromatic rings. The van der Waals surface area contributed by atoms with E-state index in [1.807, 2.05) is 36.1 Å². The smallest absolute Gasteiger partial charge is 0.254 e. The number of rotatable bonds is 2. The van der Waals surface area contributed by atoms with Crippen LogP contribution in [0, 0.1) is 6.92 Å². The Balaban J connectivity index is 1.50. The van der Waals surface area contributed by atoms with Gasteiger partial charge < -0.3 is 9.80 Å². The SMILES string of the molecule is Cc1nc2ccccc2nc1N1CCN(C(=O)c2cccc(Cl)c2)CC1. The summed E-state index contributed by atoms with van der Waals surface area (Å²) in [5, 5.41) is 0.580. The van der Waals surface area contributed by atoms with Gasteiger partial charge >= 0.3 is 0 Å². The number of hydrogen-bond donors (Lipinski definition) is 0. The molecule has 2 heterocycles. The third-order valence-corrected chi connectivity index (χ3v) is 4.89. The van der Waals surface area contributed by atoms with Crippen LogP contribution in [0.1, 0.15) is 16.1 Å². The van der Waals surface area contributed by atoms with Crippen LogP contribution in [0.25, 0.3) is 11.0 Å². The van der Waals surface area contributed by atoms with Gasteiger partial charge in [0.2, 0.25) is 0 Å². The van der Waals surface area contributed by atoms with Crippen molar-refractivity contribution in [2.24, 2.45) is 0 Å². The minimum atomic E-state index is 0.0217. The van der Waals surface area contributed by atoms with E-state index in [2.05, 4.69) is 9.88 Å². The molecule has 26 heavy (non-hydrogen) atoms. The van der Waals surface area contributed by atoms with Gasteiger partial charge in [0, 0.05) is 36.8 Å². The van der Waals surface area contributed by atoms with E-state index in [4.69, 9.17) is 16.6 Å². The van der Waals surface area contributed by atoms with Gasteiger partial charge in [0.05, 0.1) is 16.7 Å². The van der Waals surface area contributed by atoms with Crippen molar-refractivity contribution in [2.45, 2.75) is 6.92 Å². The number of aryl methyl sites for hydroxylation is 1. The highest BCUT2D eigenvalue weighted by atomic mass is 35.5. The van der Waals surface area contributed by atoms with Crippen molar-refractivity contribution in [3.8, 4) is 0 Å². The number of carbonyl (C=O) groups is 1. The summed E-state index contributed by atoms with van der Waals surface area (Å²) in [4.78, 5) is 26.2. The molecular formula is C20H19ClN4O. The summed E-state index contributed by atoms with van der Waals surface area (Å²) < 4.78 is 0. The lowest BCUT2D eigenvalue weighted by molar-refractivity contribution is 0.0746. The first-order valence-electron chi connectivity index (χ1n) is 8.65. The van der Waals surface area contributed by atoms with Crippen molar-refractivity contribution >= 4 is 34.4 Å². The number of carbonyl (C=O) groups excluding carboxylic acids is 1. The summed E-state index contributed by atoms with van der Waals surface area (Å²) in [6.45, 7) is 4.76. The van der Waals surface area contributed by atoms with Gasteiger partial charge in [0.15, 0.2) is 5.82 Å². The van der Waals surface area contributed by atoms with Crippen LogP contribution in [-0.2, 0) is 0 Å². The van der Waals surface area contributed by atoms with Crippen LogP contribution in [0.2, 0.25) is 5.02 Å². The van der Waals surface area contributed by atoms with Crippen LogP contribution in [-0.4, -0.2) is 47.0 Å². The average molecular weight is 367 g/mol. The van der Waals surface area contributed by atoms with Crippen LogP contribution >= 0.6 is 11.6 Å². The van der Waals surface area contributed by atoms with Gasteiger partial charge in [-0.1, -0.05) is 29.8 Å². The number of anilines is 1. The Morgan fingerprint density at radius 1 is 0.962 bits per heavy atom. The van der Waals surface area contributed by atoms with Crippen molar-refractivity contribution in [1.82, 2.24) is 14.9 Å². The molecule has 0 unspecified atom stereocenters. The summed E-state index contributed by atoms with van der Waals surface area (Å²) in [5.41, 5.74) is 3.35. The highest BCUT2D eigenvalue weighted by Gasteiger charge is 2.24. The van der Waals surface area contributed by atoms with E-state index < -0.39 is 0 Å². The lowest BCUT2D eigenvalue weighted by Crippen LogP contribution is -2.49. The fourth-order valence-corrected chi connectivity index (χ4v) is 3.49. The van der Waals surface area contributed by atoms with Gasteiger partial charge in [-0.25, -0.2) is 9.97 Å². The number of hydrogen-bond acceptors (Lipinski definition) is 4. The second kappa shape index (κ2) is 6.92. The quantitative estimate of drug-likeness (QED) is 0.696. The molecule has 0 N–H and O–H groups in total. The molecule has 0 aliphatic carbocycles. The van der Waals surface area contributed by atoms with Crippen LogP contribution in [0.5, 0.6) is 0 Å². The Hall–Kier alpha value is -2.66. The standard InChI is InChI=1S/C20H19ClN4O/c1-14-19(23-18-8-3-2-7-17(18)22-14)24-9-11-25(12-10-24)20(26)15-5-4-6-16(21)13-15/h2-8,13H,9-12H2,1H3. The second-order valence-corrected chi connectivity index (χ2v) is 6.85. The lowest BCUT2D eigenvalue weighted by Gasteiger charge is -2.36. The zero-order valence-corrected chi connectivity index (χ0v) is 15.3. The van der Waals surface area contributed by atoms with E-state index >= 15 is 0 Å². The molecule has 1 aliphatic rings. The van der Waals surface area contributed by atoms with Crippen molar-refractivity contribution in [1.29, 1.82) is 0 Å². The normalized spacial score (nSPS) is 14.7. The molecule has 4 rings (SSSR count). The van der Waals surface area contributed by atoms with Crippen LogP contribution in [0.3, 0.4) is 0 Å². The zero-order valence-electron chi connectivity index (χ0n) is 14.5. The summed E-state index contributed by atoms with van der Waals surface area (Å²) in [6.07, 6.45) is 0. The summed E-state index contributed by atoms with van der Waals surface area (Å²) in [7, 11) is 0. The number of para-hydroxylation sites is 2. The van der Waals surface area contributed by atoms with E-state index in [9.17, 15) is 4.79 Å². The molecule has 0 saturated carbocycles. The Bertz CT molecular complexity index is 967. The minimum Gasteiger partial charge on any atom is -0.352 e. The first-order chi connectivity index (χ1) is 12.6. The van der Waals surface area contributed by atoms with E-state index in [0.29, 0.717) is 23.7 Å². The van der Waals surface area contributed by atoms with Crippen molar-refractivity contribution in [2.75, 3.05) is 31.1 Å². The zero-order chi connectivity index (χ0) is 18.1. The minimum absolute atomic E-state index is 0.0217. The molecule has 0 bridgehead atoms. The van der Waals surface area contributed by atoms with E-state index in [1.165, 1.54) is 0 Å². The molecule has 1 saturated heterocycles. The third kappa shape index (κ3) is 3.22. The Morgan fingerprint density at radius 3 is 2.35 bits per heavy atom. The van der Waals surface area contributed by atoms with Crippen molar-refractivity contribution < 1.29 is 4.79 Å². The highest BCUT2D eigenvalue weighted by molar-refractivity contribution is 6.30. The second-order valence-electron chi connectivity index (χ2n) is 6.41. The summed E-state index contributed by atoms with van der Waals surface area (Å²) in [6, 6.07) is 15.0. The Kier molecular flexibility index (Phi) is 4.47. The number of aromatic nitrogens is 2. The fraction of sp³-hybridized carbons (Fsp3) is 0.250. The molecule has 5 nitrogen and oxygen atoms in total. The molecule has 2 aromatic carbocycles. The van der Waals surface area contributed by atoms with Crippen LogP contribution < -0.4 is 4.90 Å². The fourth-order valence-electron chi connectivity index (χ4n) is 3.30. The molecular weight excluding hydrogens is 348 g/mol. The van der Waals surface area contributed by atoms with Gasteiger partial charge in [0.1, 0.15) is 0 Å². The first-order valence-corrected chi connectivity index (χ1v) is 9.03. The van der Waals surface area contributed by atoms with Gasteiger partial charge in [0.25, 0.3) is 5.91 Å². The Labute approximate surface area is 157 Å². The predicted octanol–water partition coefficient (Wildman–Crippen LogP) is 3.55. The molecule has 132 valence electrons. The lowest BCUT2D eigenvalue weighted by atomic mass is 10.2. The van der Waals surface area contributed by atoms with Crippen molar-refractivity contribution in [3.05, 3.63) is 64.8 Å². The summed E-state index contributed by atoms with van der Waals surface area (Å²) >= 11 is 6.00. The molecule has 1 aromatic heterocycles. The van der Waals surface area contributed by atoms with Gasteiger partial charge in [-0.2, -0.15) is 0 Å². The molecule has 0 atom stereocenters. The predicted molar refractivity (Wildman–Crippen MR) is 104 cm³/mol. The molecule has 1 fully saturated rings. The number of nitrogens with zero attached hydrogens (tertiary/aromatic N) is 4. The number of benzene rings is 2. The van der Waals surface area contributed by atoms with Crippen molar-refractivity contribution in [3.63, 3.8) is 0 Å². The summed E-state index contributed by atoms with van der Waals surface area (Å²) in [5.74, 6) is 0.923. The topological polar surface area (TPSA) is 49.3 Å². The molecule has 1 amide bonds.